The minimum absolute atomic E-state index is 0.265. The zero-order valence-corrected chi connectivity index (χ0v) is 18.0. The second-order valence-corrected chi connectivity index (χ2v) is 7.52. The third kappa shape index (κ3) is 5.22. The quantitative estimate of drug-likeness (QED) is 0.236. The van der Waals surface area contributed by atoms with Crippen LogP contribution in [0.2, 0.25) is 0 Å². The number of nitrogens with one attached hydrogen (secondary N) is 3. The Balaban J connectivity index is 1.63. The number of nitrogens with zero attached hydrogens (tertiary/aromatic N) is 2. The highest BCUT2D eigenvalue weighted by Gasteiger charge is 2.17. The van der Waals surface area contributed by atoms with Crippen molar-refractivity contribution >= 4 is 46.2 Å². The molecular weight excluding hydrogens is 425 g/mol. The molecule has 0 unspecified atom stereocenters. The monoisotopic (exact) mass is 445 g/mol. The first-order chi connectivity index (χ1) is 15.6. The van der Waals surface area contributed by atoms with E-state index < -0.39 is 5.91 Å². The van der Waals surface area contributed by atoms with Gasteiger partial charge in [0.05, 0.1) is 11.4 Å². The second kappa shape index (κ2) is 9.93. The zero-order valence-electron chi connectivity index (χ0n) is 17.2. The van der Waals surface area contributed by atoms with Crippen molar-refractivity contribution in [3.8, 4) is 0 Å². The van der Waals surface area contributed by atoms with Crippen molar-refractivity contribution in [3.63, 3.8) is 0 Å². The van der Waals surface area contributed by atoms with E-state index in [0.29, 0.717) is 16.7 Å². The molecule has 8 heteroatoms. The summed E-state index contributed by atoms with van der Waals surface area (Å²) in [5, 5.41) is 9.91. The van der Waals surface area contributed by atoms with Gasteiger partial charge in [-0.15, -0.1) is 0 Å². The highest BCUT2D eigenvalue weighted by molar-refractivity contribution is 7.98. The van der Waals surface area contributed by atoms with Gasteiger partial charge in [0.2, 0.25) is 0 Å². The summed E-state index contributed by atoms with van der Waals surface area (Å²) in [6.45, 7) is 0. The Morgan fingerprint density at radius 3 is 2.19 bits per heavy atom. The van der Waals surface area contributed by atoms with Crippen molar-refractivity contribution in [2.24, 2.45) is 0 Å². The summed E-state index contributed by atoms with van der Waals surface area (Å²) in [6, 6.07) is 23.0. The number of amides is 1. The lowest BCUT2D eigenvalue weighted by Crippen LogP contribution is -2.16. The van der Waals surface area contributed by atoms with E-state index in [2.05, 4.69) is 25.9 Å². The molecular formula is C24H20FN5OS. The van der Waals surface area contributed by atoms with Gasteiger partial charge < -0.3 is 16.0 Å². The van der Waals surface area contributed by atoms with E-state index in [0.717, 1.165) is 17.1 Å². The first-order valence-corrected chi connectivity index (χ1v) is 11.0. The minimum Gasteiger partial charge on any atom is -0.354 e. The Labute approximate surface area is 189 Å². The van der Waals surface area contributed by atoms with Crippen molar-refractivity contribution in [3.05, 3.63) is 96.4 Å². The van der Waals surface area contributed by atoms with Crippen molar-refractivity contribution in [1.29, 1.82) is 0 Å². The molecule has 160 valence electrons. The van der Waals surface area contributed by atoms with Gasteiger partial charge in [-0.05, 0) is 54.8 Å². The van der Waals surface area contributed by atoms with E-state index in [1.165, 1.54) is 42.2 Å². The summed E-state index contributed by atoms with van der Waals surface area (Å²) >= 11 is 1.38. The van der Waals surface area contributed by atoms with Gasteiger partial charge >= 0.3 is 0 Å². The van der Waals surface area contributed by atoms with Crippen LogP contribution in [0.3, 0.4) is 0 Å². The fraction of sp³-hybridized carbons (Fsp3) is 0.0417. The Morgan fingerprint density at radius 2 is 1.50 bits per heavy atom. The normalized spacial score (nSPS) is 10.4. The third-order valence-corrected chi connectivity index (χ3v) is 5.09. The Bertz CT molecular complexity index is 1220. The van der Waals surface area contributed by atoms with Crippen LogP contribution >= 0.6 is 11.8 Å². The number of benzene rings is 3. The fourth-order valence-corrected chi connectivity index (χ4v) is 3.30. The smallest absolute Gasteiger partial charge is 0.261 e. The van der Waals surface area contributed by atoms with Gasteiger partial charge in [0.25, 0.3) is 5.91 Å². The number of carbonyl (C=O) groups is 1. The molecule has 3 N–H and O–H groups in total. The SMILES string of the molecule is CSc1ncc(C(=O)Nc2ccc(F)cc2)c(Nc2ccccc2Nc2ccccc2)n1. The number of carbonyl (C=O) groups excluding carboxylic acids is 1. The Morgan fingerprint density at radius 1 is 0.844 bits per heavy atom. The van der Waals surface area contributed by atoms with Crippen LogP contribution in [0.1, 0.15) is 10.4 Å². The maximum absolute atomic E-state index is 13.2. The van der Waals surface area contributed by atoms with Crippen LogP contribution in [0, 0.1) is 5.82 Å². The summed E-state index contributed by atoms with van der Waals surface area (Å²) < 4.78 is 13.2. The van der Waals surface area contributed by atoms with E-state index in [4.69, 9.17) is 0 Å². The van der Waals surface area contributed by atoms with Crippen molar-refractivity contribution in [2.45, 2.75) is 5.16 Å². The largest absolute Gasteiger partial charge is 0.354 e. The van der Waals surface area contributed by atoms with E-state index in [9.17, 15) is 9.18 Å². The van der Waals surface area contributed by atoms with Gasteiger partial charge in [0, 0.05) is 17.6 Å². The molecule has 0 aliphatic heterocycles. The first-order valence-electron chi connectivity index (χ1n) is 9.78. The number of hydrogen-bond acceptors (Lipinski definition) is 6. The maximum atomic E-state index is 13.2. The molecule has 0 saturated carbocycles. The molecule has 3 aromatic carbocycles. The van der Waals surface area contributed by atoms with Gasteiger partial charge in [-0.3, -0.25) is 4.79 Å². The third-order valence-electron chi connectivity index (χ3n) is 4.53. The van der Waals surface area contributed by atoms with Gasteiger partial charge in [-0.25, -0.2) is 14.4 Å². The molecule has 0 radical (unpaired) electrons. The topological polar surface area (TPSA) is 78.9 Å². The summed E-state index contributed by atoms with van der Waals surface area (Å²) in [4.78, 5) is 21.7. The molecule has 4 rings (SSSR count). The maximum Gasteiger partial charge on any atom is 0.261 e. The molecule has 1 amide bonds. The highest BCUT2D eigenvalue weighted by atomic mass is 32.2. The number of anilines is 5. The number of aromatic nitrogens is 2. The van der Waals surface area contributed by atoms with Crippen LogP contribution < -0.4 is 16.0 Å². The lowest BCUT2D eigenvalue weighted by atomic mass is 10.2. The van der Waals surface area contributed by atoms with Crippen LogP contribution in [-0.4, -0.2) is 22.1 Å². The van der Waals surface area contributed by atoms with E-state index in [1.54, 1.807) is 0 Å². The van der Waals surface area contributed by atoms with Gasteiger partial charge in [0.1, 0.15) is 17.2 Å². The highest BCUT2D eigenvalue weighted by Crippen LogP contribution is 2.29. The molecule has 0 fully saturated rings. The molecule has 0 bridgehead atoms. The van der Waals surface area contributed by atoms with Crippen molar-refractivity contribution in [1.82, 2.24) is 9.97 Å². The van der Waals surface area contributed by atoms with Crippen LogP contribution in [-0.2, 0) is 0 Å². The first kappa shape index (κ1) is 21.3. The summed E-state index contributed by atoms with van der Waals surface area (Å²) in [7, 11) is 0. The number of rotatable bonds is 7. The molecule has 0 saturated heterocycles. The summed E-state index contributed by atoms with van der Waals surface area (Å²) in [5.41, 5.74) is 3.25. The molecule has 0 aliphatic carbocycles. The van der Waals surface area contributed by atoms with E-state index >= 15 is 0 Å². The van der Waals surface area contributed by atoms with Gasteiger partial charge in [-0.2, -0.15) is 0 Å². The Hall–Kier alpha value is -3.91. The van der Waals surface area contributed by atoms with Crippen LogP contribution in [0.25, 0.3) is 0 Å². The predicted octanol–water partition coefficient (Wildman–Crippen LogP) is 6.08. The van der Waals surface area contributed by atoms with E-state index in [-0.39, 0.29) is 11.4 Å². The molecule has 6 nitrogen and oxygen atoms in total. The molecule has 0 atom stereocenters. The van der Waals surface area contributed by atoms with Crippen LogP contribution in [0.15, 0.2) is 90.2 Å². The van der Waals surface area contributed by atoms with Crippen LogP contribution in [0.5, 0.6) is 0 Å². The average molecular weight is 446 g/mol. The predicted molar refractivity (Wildman–Crippen MR) is 128 cm³/mol. The molecule has 32 heavy (non-hydrogen) atoms. The average Bonchev–Trinajstić information content (AvgIpc) is 2.82. The molecule has 1 aromatic heterocycles. The lowest BCUT2D eigenvalue weighted by molar-refractivity contribution is 0.102. The lowest BCUT2D eigenvalue weighted by Gasteiger charge is -2.16. The van der Waals surface area contributed by atoms with E-state index in [1.807, 2.05) is 60.9 Å². The number of para-hydroxylation sites is 3. The molecule has 4 aromatic rings. The number of halogens is 1. The van der Waals surface area contributed by atoms with Crippen molar-refractivity contribution in [2.75, 3.05) is 22.2 Å². The minimum atomic E-state index is -0.403. The second-order valence-electron chi connectivity index (χ2n) is 6.74. The Kier molecular flexibility index (Phi) is 6.62. The molecule has 0 aliphatic rings. The van der Waals surface area contributed by atoms with Crippen molar-refractivity contribution < 1.29 is 9.18 Å². The number of thioether (sulfide) groups is 1. The standard InChI is InChI=1S/C24H20FN5OS/c1-32-24-26-15-19(23(31)28-18-13-11-16(25)12-14-18)22(30-24)29-21-10-6-5-9-20(21)27-17-7-3-2-4-8-17/h2-15,27H,1H3,(H,28,31)(H,26,29,30). The molecule has 1 heterocycles. The molecule has 0 spiro atoms. The number of hydrogen-bond donors (Lipinski definition) is 3. The summed E-state index contributed by atoms with van der Waals surface area (Å²) in [6.07, 6.45) is 3.34. The zero-order chi connectivity index (χ0) is 22.3. The van der Waals surface area contributed by atoms with Gasteiger partial charge in [0.15, 0.2) is 5.16 Å². The summed E-state index contributed by atoms with van der Waals surface area (Å²) in [5.74, 6) is -0.410. The van der Waals surface area contributed by atoms with Gasteiger partial charge in [-0.1, -0.05) is 42.1 Å². The fourth-order valence-electron chi connectivity index (χ4n) is 2.96. The van der Waals surface area contributed by atoms with Crippen LogP contribution in [0.4, 0.5) is 33.0 Å².